The van der Waals surface area contributed by atoms with E-state index in [-0.39, 0.29) is 23.0 Å². The number of hydrogen-bond acceptors (Lipinski definition) is 5. The Balaban J connectivity index is 1.47. The van der Waals surface area contributed by atoms with Crippen molar-refractivity contribution in [2.24, 2.45) is 5.92 Å². The van der Waals surface area contributed by atoms with E-state index in [9.17, 15) is 9.59 Å². The van der Waals surface area contributed by atoms with Crippen LogP contribution in [0.1, 0.15) is 51.8 Å². The standard InChI is InChI=1S/C23H29N5O3/c1-3-31-19-10-8-18(9-11-19)27-12-13-28-20(25-26-22(28)23(27)30)14-16(2)15-21(29)24-17-6-4-5-7-17/h8-13,16-17H,3-7,14-15H2,1-2H3,(H,24,29)/t16-/m0/s1. The van der Waals surface area contributed by atoms with Crippen molar-refractivity contribution in [3.63, 3.8) is 0 Å². The van der Waals surface area contributed by atoms with Crippen LogP contribution in [-0.2, 0) is 11.2 Å². The molecule has 4 rings (SSSR count). The molecule has 0 bridgehead atoms. The van der Waals surface area contributed by atoms with Crippen LogP contribution in [-0.4, -0.2) is 37.7 Å². The zero-order valence-electron chi connectivity index (χ0n) is 18.1. The molecule has 0 radical (unpaired) electrons. The topological polar surface area (TPSA) is 90.5 Å². The second kappa shape index (κ2) is 9.32. The van der Waals surface area contributed by atoms with Gasteiger partial charge in [-0.25, -0.2) is 0 Å². The average Bonchev–Trinajstić information content (AvgIpc) is 3.40. The summed E-state index contributed by atoms with van der Waals surface area (Å²) in [5, 5.41) is 11.5. The maximum Gasteiger partial charge on any atom is 0.300 e. The Bertz CT molecular complexity index is 1100. The second-order valence-electron chi connectivity index (χ2n) is 8.27. The van der Waals surface area contributed by atoms with E-state index < -0.39 is 0 Å². The minimum absolute atomic E-state index is 0.0890. The highest BCUT2D eigenvalue weighted by atomic mass is 16.5. The zero-order valence-corrected chi connectivity index (χ0v) is 18.1. The van der Waals surface area contributed by atoms with Crippen LogP contribution >= 0.6 is 0 Å². The molecule has 1 aliphatic rings. The Kier molecular flexibility index (Phi) is 6.34. The van der Waals surface area contributed by atoms with E-state index in [2.05, 4.69) is 15.5 Å². The van der Waals surface area contributed by atoms with Crippen molar-refractivity contribution in [1.82, 2.24) is 24.5 Å². The van der Waals surface area contributed by atoms with Gasteiger partial charge in [0.2, 0.25) is 11.6 Å². The number of ether oxygens (including phenoxy) is 1. The third-order valence-electron chi connectivity index (χ3n) is 5.75. The molecule has 1 aliphatic carbocycles. The Labute approximate surface area is 181 Å². The summed E-state index contributed by atoms with van der Waals surface area (Å²) in [6.07, 6.45) is 9.08. The summed E-state index contributed by atoms with van der Waals surface area (Å²) in [7, 11) is 0. The van der Waals surface area contributed by atoms with Gasteiger partial charge in [0.15, 0.2) is 0 Å². The lowest BCUT2D eigenvalue weighted by atomic mass is 10.0. The van der Waals surface area contributed by atoms with E-state index >= 15 is 0 Å². The lowest BCUT2D eigenvalue weighted by Crippen LogP contribution is -2.33. The summed E-state index contributed by atoms with van der Waals surface area (Å²) in [5.74, 6) is 1.64. The normalized spacial score (nSPS) is 15.3. The first-order valence-electron chi connectivity index (χ1n) is 11.0. The van der Waals surface area contributed by atoms with Gasteiger partial charge in [0.25, 0.3) is 0 Å². The molecular formula is C23H29N5O3. The van der Waals surface area contributed by atoms with Crippen LogP contribution in [0.5, 0.6) is 5.75 Å². The molecular weight excluding hydrogens is 394 g/mol. The minimum atomic E-state index is -0.239. The summed E-state index contributed by atoms with van der Waals surface area (Å²) >= 11 is 0. The van der Waals surface area contributed by atoms with Crippen LogP contribution in [0.2, 0.25) is 0 Å². The van der Waals surface area contributed by atoms with E-state index in [4.69, 9.17) is 4.74 Å². The van der Waals surface area contributed by atoms with Gasteiger partial charge in [-0.15, -0.1) is 10.2 Å². The smallest absolute Gasteiger partial charge is 0.300 e. The molecule has 0 spiro atoms. The van der Waals surface area contributed by atoms with Gasteiger partial charge in [-0.2, -0.15) is 0 Å². The number of hydrogen-bond donors (Lipinski definition) is 1. The van der Waals surface area contributed by atoms with Gasteiger partial charge in [-0.05, 0) is 49.9 Å². The van der Waals surface area contributed by atoms with Crippen molar-refractivity contribution < 1.29 is 9.53 Å². The third kappa shape index (κ3) is 4.78. The van der Waals surface area contributed by atoms with Gasteiger partial charge in [-0.3, -0.25) is 18.6 Å². The largest absolute Gasteiger partial charge is 0.494 e. The number of amides is 1. The lowest BCUT2D eigenvalue weighted by Gasteiger charge is -2.15. The molecule has 8 nitrogen and oxygen atoms in total. The van der Waals surface area contributed by atoms with Crippen LogP contribution in [0.3, 0.4) is 0 Å². The predicted octanol–water partition coefficient (Wildman–Crippen LogP) is 2.91. The van der Waals surface area contributed by atoms with Gasteiger partial charge >= 0.3 is 5.56 Å². The Morgan fingerprint density at radius 1 is 1.19 bits per heavy atom. The van der Waals surface area contributed by atoms with Gasteiger partial charge in [0, 0.05) is 37.0 Å². The third-order valence-corrected chi connectivity index (χ3v) is 5.75. The molecule has 1 saturated carbocycles. The first-order chi connectivity index (χ1) is 15.0. The summed E-state index contributed by atoms with van der Waals surface area (Å²) in [5.41, 5.74) is 0.767. The van der Waals surface area contributed by atoms with Gasteiger partial charge < -0.3 is 10.1 Å². The van der Waals surface area contributed by atoms with Crippen molar-refractivity contribution in [2.75, 3.05) is 6.61 Å². The van der Waals surface area contributed by atoms with Crippen LogP contribution in [0.25, 0.3) is 11.3 Å². The maximum absolute atomic E-state index is 13.0. The fourth-order valence-corrected chi connectivity index (χ4v) is 4.20. The first kappa shape index (κ1) is 21.1. The van der Waals surface area contributed by atoms with Crippen molar-refractivity contribution in [3.8, 4) is 11.4 Å². The number of aromatic nitrogens is 4. The number of carbonyl (C=O) groups excluding carboxylic acids is 1. The Hall–Kier alpha value is -3.16. The molecule has 8 heteroatoms. The maximum atomic E-state index is 13.0. The molecule has 1 atom stereocenters. The predicted molar refractivity (Wildman–Crippen MR) is 118 cm³/mol. The molecule has 2 aromatic heterocycles. The molecule has 0 unspecified atom stereocenters. The number of fused-ring (bicyclic) bond motifs is 1. The fourth-order valence-electron chi connectivity index (χ4n) is 4.20. The summed E-state index contributed by atoms with van der Waals surface area (Å²) in [6, 6.07) is 7.68. The number of nitrogens with zero attached hydrogens (tertiary/aromatic N) is 4. The lowest BCUT2D eigenvalue weighted by molar-refractivity contribution is -0.122. The molecule has 1 N–H and O–H groups in total. The molecule has 2 heterocycles. The molecule has 164 valence electrons. The molecule has 1 amide bonds. The number of carbonyl (C=O) groups is 1. The highest BCUT2D eigenvalue weighted by Gasteiger charge is 2.20. The van der Waals surface area contributed by atoms with E-state index in [0.717, 1.165) is 24.3 Å². The minimum Gasteiger partial charge on any atom is -0.494 e. The average molecular weight is 424 g/mol. The van der Waals surface area contributed by atoms with E-state index in [1.54, 1.807) is 21.4 Å². The van der Waals surface area contributed by atoms with Gasteiger partial charge in [0.1, 0.15) is 11.6 Å². The first-order valence-corrected chi connectivity index (χ1v) is 11.0. The van der Waals surface area contributed by atoms with Crippen molar-refractivity contribution >= 4 is 11.6 Å². The van der Waals surface area contributed by atoms with Crippen molar-refractivity contribution in [1.29, 1.82) is 0 Å². The SMILES string of the molecule is CCOc1ccc(-n2ccn3c(C[C@H](C)CC(=O)NC4CCCC4)nnc3c2=O)cc1. The second-order valence-corrected chi connectivity index (χ2v) is 8.27. The van der Waals surface area contributed by atoms with Gasteiger partial charge in [-0.1, -0.05) is 19.8 Å². The highest BCUT2D eigenvalue weighted by Crippen LogP contribution is 2.19. The Morgan fingerprint density at radius 3 is 2.65 bits per heavy atom. The summed E-state index contributed by atoms with van der Waals surface area (Å²) < 4.78 is 8.72. The van der Waals surface area contributed by atoms with Crippen molar-refractivity contribution in [3.05, 3.63) is 52.8 Å². The van der Waals surface area contributed by atoms with E-state index in [0.29, 0.717) is 31.3 Å². The van der Waals surface area contributed by atoms with Gasteiger partial charge in [0.05, 0.1) is 6.61 Å². The number of rotatable bonds is 8. The highest BCUT2D eigenvalue weighted by molar-refractivity contribution is 5.76. The fraction of sp³-hybridized carbons (Fsp3) is 0.478. The molecule has 0 aliphatic heterocycles. The van der Waals surface area contributed by atoms with Crippen LogP contribution in [0.4, 0.5) is 0 Å². The molecule has 3 aromatic rings. The molecule has 31 heavy (non-hydrogen) atoms. The van der Waals surface area contributed by atoms with Crippen molar-refractivity contribution in [2.45, 2.75) is 58.4 Å². The quantitative estimate of drug-likeness (QED) is 0.602. The zero-order chi connectivity index (χ0) is 21.8. The number of benzene rings is 1. The molecule has 1 fully saturated rings. The summed E-state index contributed by atoms with van der Waals surface area (Å²) in [4.78, 5) is 25.3. The molecule has 0 saturated heterocycles. The van der Waals surface area contributed by atoms with E-state index in [1.165, 1.54) is 12.8 Å². The van der Waals surface area contributed by atoms with Crippen LogP contribution in [0.15, 0.2) is 41.5 Å². The molecule has 1 aromatic carbocycles. The summed E-state index contributed by atoms with van der Waals surface area (Å²) in [6.45, 7) is 4.54. The van der Waals surface area contributed by atoms with E-state index in [1.807, 2.05) is 38.1 Å². The number of nitrogens with one attached hydrogen (secondary N) is 1. The monoisotopic (exact) mass is 423 g/mol. The van der Waals surface area contributed by atoms with Crippen LogP contribution in [0, 0.1) is 5.92 Å². The Morgan fingerprint density at radius 2 is 1.94 bits per heavy atom. The van der Waals surface area contributed by atoms with Crippen LogP contribution < -0.4 is 15.6 Å².